The third-order valence-corrected chi connectivity index (χ3v) is 5.26. The summed E-state index contributed by atoms with van der Waals surface area (Å²) in [5.74, 6) is 1.79. The molecule has 1 aromatic heterocycles. The molecule has 1 unspecified atom stereocenters. The van der Waals surface area contributed by atoms with Crippen LogP contribution in [0.5, 0.6) is 0 Å². The van der Waals surface area contributed by atoms with Crippen molar-refractivity contribution in [2.45, 2.75) is 57.2 Å². The Bertz CT molecular complexity index is 712. The topological polar surface area (TPSA) is 54.2 Å². The zero-order valence-electron chi connectivity index (χ0n) is 14.8. The lowest BCUT2D eigenvalue weighted by Gasteiger charge is -2.42. The number of aromatic nitrogens is 2. The summed E-state index contributed by atoms with van der Waals surface area (Å²) in [6.07, 6.45) is 2.97. The number of hydrogen-bond acceptors (Lipinski definition) is 5. The van der Waals surface area contributed by atoms with Crippen LogP contribution < -0.4 is 5.32 Å². The van der Waals surface area contributed by atoms with Gasteiger partial charge in [0.05, 0.1) is 0 Å². The van der Waals surface area contributed by atoms with Crippen molar-refractivity contribution in [1.82, 2.24) is 20.4 Å². The molecule has 1 saturated heterocycles. The maximum Gasteiger partial charge on any atom is 0.228 e. The maximum absolute atomic E-state index is 13.4. The van der Waals surface area contributed by atoms with Crippen molar-refractivity contribution < 1.29 is 8.91 Å². The number of nitrogens with one attached hydrogen (secondary N) is 1. The average molecular weight is 344 g/mol. The largest absolute Gasteiger partial charge is 0.339 e. The summed E-state index contributed by atoms with van der Waals surface area (Å²) in [6.45, 7) is 6.29. The number of piperazine rings is 1. The van der Waals surface area contributed by atoms with Gasteiger partial charge in [0.25, 0.3) is 0 Å². The highest BCUT2D eigenvalue weighted by Gasteiger charge is 2.33. The standard InChI is InChI=1S/C19H25FN4O/c1-12-11-24(13(2)10-21-12)17(14-5-7-16(20)8-6-14)9-18-22-19(23-25-18)15-3-4-15/h5-8,12-13,15,17,21H,3-4,9-11H2,1-2H3/t12-,13+,17?/m0/s1. The quantitative estimate of drug-likeness (QED) is 0.903. The summed E-state index contributed by atoms with van der Waals surface area (Å²) in [5, 5.41) is 7.66. The van der Waals surface area contributed by atoms with Crippen molar-refractivity contribution in [2.24, 2.45) is 0 Å². The molecular formula is C19H25FN4O. The second-order valence-corrected chi connectivity index (χ2v) is 7.45. The monoisotopic (exact) mass is 344 g/mol. The molecule has 1 aliphatic heterocycles. The van der Waals surface area contributed by atoms with E-state index in [1.807, 2.05) is 12.1 Å². The van der Waals surface area contributed by atoms with Gasteiger partial charge >= 0.3 is 0 Å². The van der Waals surface area contributed by atoms with Gasteiger partial charge < -0.3 is 9.84 Å². The van der Waals surface area contributed by atoms with Crippen molar-refractivity contribution in [3.8, 4) is 0 Å². The molecule has 2 aliphatic rings. The molecule has 0 spiro atoms. The van der Waals surface area contributed by atoms with Crippen LogP contribution >= 0.6 is 0 Å². The maximum atomic E-state index is 13.4. The van der Waals surface area contributed by atoms with Crippen LogP contribution in [0.2, 0.25) is 0 Å². The van der Waals surface area contributed by atoms with Crippen LogP contribution in [0.1, 0.15) is 55.9 Å². The van der Waals surface area contributed by atoms with E-state index in [2.05, 4.69) is 34.2 Å². The SMILES string of the molecule is C[C@@H]1CN[C@@H](C)CN1C(Cc1nc(C2CC2)no1)c1ccc(F)cc1. The Labute approximate surface area is 147 Å². The van der Waals surface area contributed by atoms with Gasteiger partial charge in [-0.3, -0.25) is 4.90 Å². The predicted octanol–water partition coefficient (Wildman–Crippen LogP) is 3.05. The molecule has 25 heavy (non-hydrogen) atoms. The van der Waals surface area contributed by atoms with Crippen LogP contribution in [0.15, 0.2) is 28.8 Å². The van der Waals surface area contributed by atoms with Gasteiger partial charge in [0.2, 0.25) is 5.89 Å². The van der Waals surface area contributed by atoms with Crippen molar-refractivity contribution in [3.63, 3.8) is 0 Å². The fraction of sp³-hybridized carbons (Fsp3) is 0.579. The van der Waals surface area contributed by atoms with Crippen LogP contribution in [0.3, 0.4) is 0 Å². The average Bonchev–Trinajstić information content (AvgIpc) is 3.35. The van der Waals surface area contributed by atoms with E-state index in [0.717, 1.165) is 37.3 Å². The Morgan fingerprint density at radius 3 is 2.76 bits per heavy atom. The van der Waals surface area contributed by atoms with Crippen LogP contribution in [0.4, 0.5) is 4.39 Å². The van der Waals surface area contributed by atoms with E-state index in [4.69, 9.17) is 4.52 Å². The second kappa shape index (κ2) is 6.84. The minimum Gasteiger partial charge on any atom is -0.339 e. The first kappa shape index (κ1) is 16.7. The molecule has 1 aromatic carbocycles. The smallest absolute Gasteiger partial charge is 0.228 e. The molecule has 0 bridgehead atoms. The number of halogens is 1. The summed E-state index contributed by atoms with van der Waals surface area (Å²) in [4.78, 5) is 7.07. The number of benzene rings is 1. The van der Waals surface area contributed by atoms with E-state index >= 15 is 0 Å². The molecule has 1 saturated carbocycles. The van der Waals surface area contributed by atoms with Gasteiger partial charge in [-0.25, -0.2) is 4.39 Å². The first-order chi connectivity index (χ1) is 12.1. The molecule has 2 heterocycles. The Morgan fingerprint density at radius 1 is 1.28 bits per heavy atom. The molecule has 1 aliphatic carbocycles. The molecule has 1 N–H and O–H groups in total. The van der Waals surface area contributed by atoms with Gasteiger partial charge in [-0.05, 0) is 44.4 Å². The highest BCUT2D eigenvalue weighted by molar-refractivity contribution is 5.22. The van der Waals surface area contributed by atoms with Gasteiger partial charge in [-0.2, -0.15) is 4.98 Å². The highest BCUT2D eigenvalue weighted by Crippen LogP contribution is 2.38. The van der Waals surface area contributed by atoms with Crippen molar-refractivity contribution in [2.75, 3.05) is 13.1 Å². The number of hydrogen-bond donors (Lipinski definition) is 1. The predicted molar refractivity (Wildman–Crippen MR) is 92.8 cm³/mol. The fourth-order valence-corrected chi connectivity index (χ4v) is 3.62. The highest BCUT2D eigenvalue weighted by atomic mass is 19.1. The van der Waals surface area contributed by atoms with Gasteiger partial charge in [0.15, 0.2) is 5.82 Å². The molecule has 4 rings (SSSR count). The van der Waals surface area contributed by atoms with Crippen molar-refractivity contribution >= 4 is 0 Å². The normalized spacial score (nSPS) is 25.9. The third kappa shape index (κ3) is 3.75. The number of rotatable bonds is 5. The fourth-order valence-electron chi connectivity index (χ4n) is 3.62. The van der Waals surface area contributed by atoms with Gasteiger partial charge in [0.1, 0.15) is 5.82 Å². The van der Waals surface area contributed by atoms with Crippen LogP contribution in [-0.4, -0.2) is 40.2 Å². The third-order valence-electron chi connectivity index (χ3n) is 5.26. The molecular weight excluding hydrogens is 319 g/mol. The molecule has 2 fully saturated rings. The minimum absolute atomic E-state index is 0.104. The Hall–Kier alpha value is -1.79. The van der Waals surface area contributed by atoms with E-state index in [1.165, 1.54) is 12.1 Å². The Balaban J connectivity index is 1.60. The summed E-state index contributed by atoms with van der Waals surface area (Å²) in [6, 6.07) is 7.72. The molecule has 0 radical (unpaired) electrons. The van der Waals surface area contributed by atoms with E-state index in [9.17, 15) is 4.39 Å². The van der Waals surface area contributed by atoms with Crippen molar-refractivity contribution in [1.29, 1.82) is 0 Å². The van der Waals surface area contributed by atoms with E-state index in [-0.39, 0.29) is 11.9 Å². The lowest BCUT2D eigenvalue weighted by atomic mass is 9.98. The first-order valence-electron chi connectivity index (χ1n) is 9.17. The lowest BCUT2D eigenvalue weighted by Crippen LogP contribution is -2.55. The van der Waals surface area contributed by atoms with Crippen molar-refractivity contribution in [3.05, 3.63) is 47.4 Å². The molecule has 6 heteroatoms. The van der Waals surface area contributed by atoms with E-state index < -0.39 is 0 Å². The van der Waals surface area contributed by atoms with Crippen LogP contribution in [-0.2, 0) is 6.42 Å². The molecule has 5 nitrogen and oxygen atoms in total. The zero-order valence-corrected chi connectivity index (χ0v) is 14.8. The Morgan fingerprint density at radius 2 is 2.04 bits per heavy atom. The van der Waals surface area contributed by atoms with Gasteiger partial charge in [0, 0.05) is 43.6 Å². The molecule has 2 aromatic rings. The molecule has 3 atom stereocenters. The summed E-state index contributed by atoms with van der Waals surface area (Å²) >= 11 is 0. The molecule has 134 valence electrons. The van der Waals surface area contributed by atoms with E-state index in [1.54, 1.807) is 0 Å². The van der Waals surface area contributed by atoms with Gasteiger partial charge in [-0.15, -0.1) is 0 Å². The second-order valence-electron chi connectivity index (χ2n) is 7.45. The minimum atomic E-state index is -0.210. The van der Waals surface area contributed by atoms with Crippen LogP contribution in [0.25, 0.3) is 0 Å². The van der Waals surface area contributed by atoms with Crippen LogP contribution in [0, 0.1) is 5.82 Å². The van der Waals surface area contributed by atoms with Gasteiger partial charge in [-0.1, -0.05) is 17.3 Å². The summed E-state index contributed by atoms with van der Waals surface area (Å²) < 4.78 is 18.9. The Kier molecular flexibility index (Phi) is 4.56. The lowest BCUT2D eigenvalue weighted by molar-refractivity contribution is 0.0895. The first-order valence-corrected chi connectivity index (χ1v) is 9.17. The summed E-state index contributed by atoms with van der Waals surface area (Å²) in [7, 11) is 0. The number of nitrogens with zero attached hydrogens (tertiary/aromatic N) is 3. The zero-order chi connectivity index (χ0) is 17.4. The molecule has 0 amide bonds. The summed E-state index contributed by atoms with van der Waals surface area (Å²) in [5.41, 5.74) is 1.09. The van der Waals surface area contributed by atoms with E-state index in [0.29, 0.717) is 30.3 Å².